The van der Waals surface area contributed by atoms with Crippen LogP contribution in [0.5, 0.6) is 0 Å². The molecule has 0 saturated carbocycles. The standard InChI is InChI=1S/C16H26N4/c1-3-5-10-15-14-9-7-6-8-13(14)11-20(15)12-19(4-2)16(17)18/h6-9,15H,3-5,10-12H2,1-2H3,(H3,17,18). The average Bonchev–Trinajstić information content (AvgIpc) is 2.79. The lowest BCUT2D eigenvalue weighted by Gasteiger charge is -2.31. The van der Waals surface area contributed by atoms with Crippen LogP contribution in [0.1, 0.15) is 50.3 Å². The predicted molar refractivity (Wildman–Crippen MR) is 83.4 cm³/mol. The van der Waals surface area contributed by atoms with Gasteiger partial charge >= 0.3 is 0 Å². The number of unbranched alkanes of at least 4 members (excludes halogenated alkanes) is 1. The van der Waals surface area contributed by atoms with Gasteiger partial charge in [-0.3, -0.25) is 10.3 Å². The summed E-state index contributed by atoms with van der Waals surface area (Å²) in [5, 5.41) is 7.66. The molecular weight excluding hydrogens is 248 g/mol. The fourth-order valence-electron chi connectivity index (χ4n) is 2.98. The Kier molecular flexibility index (Phi) is 5.01. The zero-order chi connectivity index (χ0) is 14.5. The Labute approximate surface area is 122 Å². The number of benzene rings is 1. The smallest absolute Gasteiger partial charge is 0.189 e. The van der Waals surface area contributed by atoms with Crippen molar-refractivity contribution in [2.45, 2.75) is 45.7 Å². The van der Waals surface area contributed by atoms with Crippen molar-refractivity contribution in [1.82, 2.24) is 9.80 Å². The molecule has 1 heterocycles. The van der Waals surface area contributed by atoms with Crippen LogP contribution >= 0.6 is 0 Å². The van der Waals surface area contributed by atoms with Gasteiger partial charge in [0.05, 0.1) is 6.67 Å². The SMILES string of the molecule is CCCCC1c2ccccc2CN1CN(CC)C(=N)N. The molecule has 0 spiro atoms. The Morgan fingerprint density at radius 1 is 1.40 bits per heavy atom. The molecule has 0 fully saturated rings. The molecule has 1 aliphatic heterocycles. The van der Waals surface area contributed by atoms with E-state index in [4.69, 9.17) is 11.1 Å². The second kappa shape index (κ2) is 6.75. The van der Waals surface area contributed by atoms with Crippen molar-refractivity contribution < 1.29 is 0 Å². The van der Waals surface area contributed by atoms with Gasteiger partial charge in [-0.2, -0.15) is 0 Å². The highest BCUT2D eigenvalue weighted by atomic mass is 15.4. The Morgan fingerprint density at radius 3 is 2.80 bits per heavy atom. The fraction of sp³-hybridized carbons (Fsp3) is 0.562. The van der Waals surface area contributed by atoms with Gasteiger partial charge in [-0.15, -0.1) is 0 Å². The summed E-state index contributed by atoms with van der Waals surface area (Å²) in [5.74, 6) is 0.165. The van der Waals surface area contributed by atoms with Gasteiger partial charge in [-0.25, -0.2) is 0 Å². The van der Waals surface area contributed by atoms with E-state index in [9.17, 15) is 0 Å². The first kappa shape index (κ1) is 14.9. The summed E-state index contributed by atoms with van der Waals surface area (Å²) >= 11 is 0. The molecule has 2 rings (SSSR count). The van der Waals surface area contributed by atoms with E-state index in [1.807, 2.05) is 11.8 Å². The van der Waals surface area contributed by atoms with Gasteiger partial charge in [0.1, 0.15) is 0 Å². The lowest BCUT2D eigenvalue weighted by atomic mass is 10.0. The Morgan fingerprint density at radius 2 is 2.15 bits per heavy atom. The molecule has 4 heteroatoms. The number of hydrogen-bond acceptors (Lipinski definition) is 2. The summed E-state index contributed by atoms with van der Waals surface area (Å²) in [6.45, 7) is 6.77. The molecule has 1 aromatic rings. The lowest BCUT2D eigenvalue weighted by molar-refractivity contribution is 0.137. The topological polar surface area (TPSA) is 56.4 Å². The van der Waals surface area contributed by atoms with Crippen LogP contribution in [0.4, 0.5) is 0 Å². The van der Waals surface area contributed by atoms with Gasteiger partial charge in [0.2, 0.25) is 0 Å². The van der Waals surface area contributed by atoms with Crippen molar-refractivity contribution in [2.24, 2.45) is 5.73 Å². The van der Waals surface area contributed by atoms with Crippen molar-refractivity contribution in [3.05, 3.63) is 35.4 Å². The molecule has 1 atom stereocenters. The van der Waals surface area contributed by atoms with Crippen LogP contribution in [-0.4, -0.2) is 29.0 Å². The molecule has 1 aromatic carbocycles. The largest absolute Gasteiger partial charge is 0.370 e. The van der Waals surface area contributed by atoms with Gasteiger partial charge in [-0.05, 0) is 24.5 Å². The number of nitrogens with two attached hydrogens (primary N) is 1. The van der Waals surface area contributed by atoms with E-state index >= 15 is 0 Å². The molecule has 20 heavy (non-hydrogen) atoms. The highest BCUT2D eigenvalue weighted by Gasteiger charge is 2.30. The molecule has 0 bridgehead atoms. The van der Waals surface area contributed by atoms with Crippen LogP contribution in [0.25, 0.3) is 0 Å². The molecule has 1 aliphatic rings. The number of nitrogens with one attached hydrogen (secondary N) is 1. The molecule has 0 amide bonds. The first-order valence-corrected chi connectivity index (χ1v) is 7.58. The van der Waals surface area contributed by atoms with E-state index in [0.29, 0.717) is 6.04 Å². The summed E-state index contributed by atoms with van der Waals surface area (Å²) in [6, 6.07) is 9.18. The van der Waals surface area contributed by atoms with Crippen molar-refractivity contribution >= 4 is 5.96 Å². The maximum atomic E-state index is 7.66. The third-order valence-corrected chi connectivity index (χ3v) is 4.13. The summed E-state index contributed by atoms with van der Waals surface area (Å²) < 4.78 is 0. The number of nitrogens with zero attached hydrogens (tertiary/aromatic N) is 2. The summed E-state index contributed by atoms with van der Waals surface area (Å²) in [5.41, 5.74) is 8.54. The second-order valence-electron chi connectivity index (χ2n) is 5.49. The predicted octanol–water partition coefficient (Wildman–Crippen LogP) is 2.91. The first-order chi connectivity index (χ1) is 9.67. The molecule has 0 saturated heterocycles. The highest BCUT2D eigenvalue weighted by Crippen LogP contribution is 2.36. The normalized spacial score (nSPS) is 18.0. The number of fused-ring (bicyclic) bond motifs is 1. The van der Waals surface area contributed by atoms with E-state index in [1.54, 1.807) is 0 Å². The van der Waals surface area contributed by atoms with Gasteiger partial charge in [-0.1, -0.05) is 44.0 Å². The molecule has 0 aromatic heterocycles. The summed E-state index contributed by atoms with van der Waals surface area (Å²) in [7, 11) is 0. The molecule has 4 nitrogen and oxygen atoms in total. The molecule has 0 aliphatic carbocycles. The number of rotatable bonds is 6. The third-order valence-electron chi connectivity index (χ3n) is 4.13. The Bertz CT molecular complexity index is 458. The van der Waals surface area contributed by atoms with Gasteiger partial charge in [0.15, 0.2) is 5.96 Å². The second-order valence-corrected chi connectivity index (χ2v) is 5.49. The van der Waals surface area contributed by atoms with Gasteiger partial charge < -0.3 is 10.6 Å². The van der Waals surface area contributed by atoms with E-state index in [0.717, 1.165) is 19.8 Å². The van der Waals surface area contributed by atoms with E-state index < -0.39 is 0 Å². The molecule has 0 radical (unpaired) electrons. The molecular formula is C16H26N4. The quantitative estimate of drug-likeness (QED) is 0.619. The fourth-order valence-corrected chi connectivity index (χ4v) is 2.98. The molecule has 110 valence electrons. The zero-order valence-corrected chi connectivity index (χ0v) is 12.6. The van der Waals surface area contributed by atoms with Crippen molar-refractivity contribution in [1.29, 1.82) is 5.41 Å². The number of guanidine groups is 1. The van der Waals surface area contributed by atoms with Crippen LogP contribution in [0.2, 0.25) is 0 Å². The van der Waals surface area contributed by atoms with E-state index in [2.05, 4.69) is 36.1 Å². The maximum absolute atomic E-state index is 7.66. The monoisotopic (exact) mass is 274 g/mol. The van der Waals surface area contributed by atoms with Crippen LogP contribution in [0.3, 0.4) is 0 Å². The van der Waals surface area contributed by atoms with Crippen LogP contribution in [0.15, 0.2) is 24.3 Å². The van der Waals surface area contributed by atoms with E-state index in [1.165, 1.54) is 30.4 Å². The minimum absolute atomic E-state index is 0.165. The zero-order valence-electron chi connectivity index (χ0n) is 12.6. The summed E-state index contributed by atoms with van der Waals surface area (Å²) in [4.78, 5) is 4.37. The van der Waals surface area contributed by atoms with Crippen LogP contribution < -0.4 is 5.73 Å². The summed E-state index contributed by atoms with van der Waals surface area (Å²) in [6.07, 6.45) is 3.64. The Balaban J connectivity index is 2.14. The number of hydrogen-bond donors (Lipinski definition) is 2. The van der Waals surface area contributed by atoms with Crippen LogP contribution in [-0.2, 0) is 6.54 Å². The van der Waals surface area contributed by atoms with Crippen molar-refractivity contribution in [3.8, 4) is 0 Å². The average molecular weight is 274 g/mol. The van der Waals surface area contributed by atoms with Gasteiger partial charge in [0.25, 0.3) is 0 Å². The molecule has 1 unspecified atom stereocenters. The lowest BCUT2D eigenvalue weighted by Crippen LogP contribution is -2.43. The van der Waals surface area contributed by atoms with Gasteiger partial charge in [0, 0.05) is 19.1 Å². The van der Waals surface area contributed by atoms with E-state index in [-0.39, 0.29) is 5.96 Å². The minimum Gasteiger partial charge on any atom is -0.370 e. The van der Waals surface area contributed by atoms with Crippen molar-refractivity contribution in [2.75, 3.05) is 13.2 Å². The van der Waals surface area contributed by atoms with Crippen molar-refractivity contribution in [3.63, 3.8) is 0 Å². The first-order valence-electron chi connectivity index (χ1n) is 7.58. The molecule has 3 N–H and O–H groups in total. The highest BCUT2D eigenvalue weighted by molar-refractivity contribution is 5.74. The minimum atomic E-state index is 0.165. The third kappa shape index (κ3) is 3.12. The maximum Gasteiger partial charge on any atom is 0.189 e. The van der Waals surface area contributed by atoms with Crippen LogP contribution in [0, 0.1) is 5.41 Å². The Hall–Kier alpha value is -1.55.